The van der Waals surface area contributed by atoms with Crippen molar-refractivity contribution in [3.05, 3.63) is 65.5 Å². The SMILES string of the molecule is O=C(Nc1ccc(F)cc1F)C1CC(c2cccc(F)c2)=NO1. The first-order valence-electron chi connectivity index (χ1n) is 6.77. The summed E-state index contributed by atoms with van der Waals surface area (Å²) in [6.07, 6.45) is -0.837. The van der Waals surface area contributed by atoms with Crippen LogP contribution in [0.1, 0.15) is 12.0 Å². The molecule has 118 valence electrons. The normalized spacial score (nSPS) is 16.7. The highest BCUT2D eigenvalue weighted by Crippen LogP contribution is 2.20. The van der Waals surface area contributed by atoms with Gasteiger partial charge in [0.15, 0.2) is 0 Å². The highest BCUT2D eigenvalue weighted by atomic mass is 19.1. The molecule has 1 N–H and O–H groups in total. The van der Waals surface area contributed by atoms with Crippen molar-refractivity contribution in [3.8, 4) is 0 Å². The Hall–Kier alpha value is -2.83. The maximum atomic E-state index is 13.5. The van der Waals surface area contributed by atoms with Gasteiger partial charge in [0, 0.05) is 18.1 Å². The van der Waals surface area contributed by atoms with Crippen molar-refractivity contribution < 1.29 is 22.8 Å². The van der Waals surface area contributed by atoms with Crippen molar-refractivity contribution in [2.45, 2.75) is 12.5 Å². The van der Waals surface area contributed by atoms with Gasteiger partial charge < -0.3 is 10.2 Å². The molecule has 7 heteroatoms. The second kappa shape index (κ2) is 6.12. The lowest BCUT2D eigenvalue weighted by atomic mass is 10.0. The van der Waals surface area contributed by atoms with Crippen LogP contribution in [0, 0.1) is 17.5 Å². The molecular weight excluding hydrogens is 309 g/mol. The second-order valence-corrected chi connectivity index (χ2v) is 4.96. The summed E-state index contributed by atoms with van der Waals surface area (Å²) in [7, 11) is 0. The number of hydrogen-bond donors (Lipinski definition) is 1. The van der Waals surface area contributed by atoms with E-state index in [1.54, 1.807) is 6.07 Å². The summed E-state index contributed by atoms with van der Waals surface area (Å²) in [5.41, 5.74) is 0.775. The number of carbonyl (C=O) groups is 1. The van der Waals surface area contributed by atoms with Crippen LogP contribution in [0.2, 0.25) is 0 Å². The molecule has 1 heterocycles. The Morgan fingerprint density at radius 2 is 1.91 bits per heavy atom. The standard InChI is InChI=1S/C16H11F3N2O2/c17-10-3-1-2-9(6-10)14-8-15(23-21-14)16(22)20-13-5-4-11(18)7-12(13)19/h1-7,15H,8H2,(H,20,22). The summed E-state index contributed by atoms with van der Waals surface area (Å²) in [6.45, 7) is 0. The van der Waals surface area contributed by atoms with Gasteiger partial charge in [0.05, 0.1) is 11.4 Å². The molecule has 1 unspecified atom stereocenters. The number of amides is 1. The van der Waals surface area contributed by atoms with Crippen LogP contribution in [0.4, 0.5) is 18.9 Å². The van der Waals surface area contributed by atoms with Crippen molar-refractivity contribution in [2.75, 3.05) is 5.32 Å². The van der Waals surface area contributed by atoms with E-state index < -0.39 is 29.5 Å². The van der Waals surface area contributed by atoms with Gasteiger partial charge in [0.1, 0.15) is 17.5 Å². The van der Waals surface area contributed by atoms with Crippen molar-refractivity contribution >= 4 is 17.3 Å². The number of nitrogens with zero attached hydrogens (tertiary/aromatic N) is 1. The third-order valence-electron chi connectivity index (χ3n) is 3.31. The molecule has 1 aliphatic rings. The Balaban J connectivity index is 1.67. The zero-order valence-electron chi connectivity index (χ0n) is 11.7. The summed E-state index contributed by atoms with van der Waals surface area (Å²) in [6, 6.07) is 8.55. The summed E-state index contributed by atoms with van der Waals surface area (Å²) in [5.74, 6) is -2.67. The maximum Gasteiger partial charge on any atom is 0.268 e. The molecule has 2 aromatic carbocycles. The maximum absolute atomic E-state index is 13.5. The quantitative estimate of drug-likeness (QED) is 0.944. The molecule has 0 radical (unpaired) electrons. The molecular formula is C16H11F3N2O2. The van der Waals surface area contributed by atoms with Crippen LogP contribution >= 0.6 is 0 Å². The molecule has 0 aromatic heterocycles. The Morgan fingerprint density at radius 1 is 1.13 bits per heavy atom. The van der Waals surface area contributed by atoms with E-state index in [4.69, 9.17) is 4.84 Å². The van der Waals surface area contributed by atoms with E-state index in [1.165, 1.54) is 18.2 Å². The number of nitrogens with one attached hydrogen (secondary N) is 1. The Morgan fingerprint density at radius 3 is 2.65 bits per heavy atom. The minimum atomic E-state index is -0.960. The smallest absolute Gasteiger partial charge is 0.268 e. The molecule has 23 heavy (non-hydrogen) atoms. The molecule has 0 saturated heterocycles. The Kier molecular flexibility index (Phi) is 4.01. The van der Waals surface area contributed by atoms with Crippen molar-refractivity contribution in [3.63, 3.8) is 0 Å². The van der Waals surface area contributed by atoms with Gasteiger partial charge in [-0.3, -0.25) is 4.79 Å². The highest BCUT2D eigenvalue weighted by Gasteiger charge is 2.29. The van der Waals surface area contributed by atoms with Gasteiger partial charge in [-0.1, -0.05) is 17.3 Å². The van der Waals surface area contributed by atoms with Gasteiger partial charge in [-0.15, -0.1) is 0 Å². The molecule has 1 amide bonds. The molecule has 2 aromatic rings. The van der Waals surface area contributed by atoms with Crippen LogP contribution in [0.15, 0.2) is 47.6 Å². The van der Waals surface area contributed by atoms with Gasteiger partial charge in [-0.05, 0) is 24.3 Å². The zero-order chi connectivity index (χ0) is 16.4. The number of oxime groups is 1. The number of halogens is 3. The van der Waals surface area contributed by atoms with Crippen LogP contribution < -0.4 is 5.32 Å². The lowest BCUT2D eigenvalue weighted by molar-refractivity contribution is -0.125. The number of rotatable bonds is 3. The van der Waals surface area contributed by atoms with Crippen LogP contribution in [0.3, 0.4) is 0 Å². The average Bonchev–Trinajstić information content (AvgIpc) is 3.00. The predicted molar refractivity (Wildman–Crippen MR) is 77.4 cm³/mol. The largest absolute Gasteiger partial charge is 0.382 e. The third-order valence-corrected chi connectivity index (χ3v) is 3.31. The monoisotopic (exact) mass is 320 g/mol. The first kappa shape index (κ1) is 15.1. The topological polar surface area (TPSA) is 50.7 Å². The number of hydrogen-bond acceptors (Lipinski definition) is 3. The molecule has 0 bridgehead atoms. The lowest BCUT2D eigenvalue weighted by Gasteiger charge is -2.10. The summed E-state index contributed by atoms with van der Waals surface area (Å²) in [5, 5.41) is 6.07. The fourth-order valence-electron chi connectivity index (χ4n) is 2.16. The lowest BCUT2D eigenvalue weighted by Crippen LogP contribution is -2.28. The van der Waals surface area contributed by atoms with E-state index in [1.807, 2.05) is 0 Å². The first-order chi connectivity index (χ1) is 11.0. The second-order valence-electron chi connectivity index (χ2n) is 4.96. The van der Waals surface area contributed by atoms with Gasteiger partial charge in [-0.2, -0.15) is 0 Å². The van der Waals surface area contributed by atoms with Gasteiger partial charge in [0.2, 0.25) is 6.10 Å². The van der Waals surface area contributed by atoms with E-state index in [9.17, 15) is 18.0 Å². The molecule has 0 aliphatic carbocycles. The molecule has 1 aliphatic heterocycles. The minimum absolute atomic E-state index is 0.123. The molecule has 0 spiro atoms. The van der Waals surface area contributed by atoms with Gasteiger partial charge >= 0.3 is 0 Å². The summed E-state index contributed by atoms with van der Waals surface area (Å²) >= 11 is 0. The highest BCUT2D eigenvalue weighted by molar-refractivity contribution is 6.06. The van der Waals surface area contributed by atoms with Crippen LogP contribution in [0.5, 0.6) is 0 Å². The van der Waals surface area contributed by atoms with Crippen LogP contribution in [-0.2, 0) is 9.63 Å². The molecule has 1 atom stereocenters. The number of carbonyl (C=O) groups excluding carboxylic acids is 1. The van der Waals surface area contributed by atoms with E-state index in [2.05, 4.69) is 10.5 Å². The van der Waals surface area contributed by atoms with Gasteiger partial charge in [-0.25, -0.2) is 13.2 Å². The van der Waals surface area contributed by atoms with Crippen molar-refractivity contribution in [1.29, 1.82) is 0 Å². The van der Waals surface area contributed by atoms with E-state index >= 15 is 0 Å². The molecule has 0 saturated carbocycles. The Labute approximate surface area is 129 Å². The van der Waals surface area contributed by atoms with E-state index in [0.717, 1.165) is 12.1 Å². The first-order valence-corrected chi connectivity index (χ1v) is 6.77. The predicted octanol–water partition coefficient (Wildman–Crippen LogP) is 3.24. The molecule has 3 rings (SSSR count). The van der Waals surface area contributed by atoms with Crippen LogP contribution in [0.25, 0.3) is 0 Å². The van der Waals surface area contributed by atoms with E-state index in [0.29, 0.717) is 17.3 Å². The minimum Gasteiger partial charge on any atom is -0.382 e. The number of anilines is 1. The summed E-state index contributed by atoms with van der Waals surface area (Å²) in [4.78, 5) is 17.1. The fraction of sp³-hybridized carbons (Fsp3) is 0.125. The molecule has 4 nitrogen and oxygen atoms in total. The van der Waals surface area contributed by atoms with Crippen molar-refractivity contribution in [2.24, 2.45) is 5.16 Å². The number of benzene rings is 2. The Bertz CT molecular complexity index is 793. The average molecular weight is 320 g/mol. The van der Waals surface area contributed by atoms with E-state index in [-0.39, 0.29) is 12.1 Å². The third kappa shape index (κ3) is 3.33. The van der Waals surface area contributed by atoms with Gasteiger partial charge in [0.25, 0.3) is 5.91 Å². The van der Waals surface area contributed by atoms with Crippen molar-refractivity contribution in [1.82, 2.24) is 0 Å². The zero-order valence-corrected chi connectivity index (χ0v) is 11.7. The molecule has 0 fully saturated rings. The summed E-state index contributed by atoms with van der Waals surface area (Å²) < 4.78 is 39.5. The van der Waals surface area contributed by atoms with Crippen LogP contribution in [-0.4, -0.2) is 17.7 Å². The fourth-order valence-corrected chi connectivity index (χ4v) is 2.16.